The van der Waals surface area contributed by atoms with E-state index in [0.717, 1.165) is 86.0 Å². The molecule has 7 heteroatoms. The summed E-state index contributed by atoms with van der Waals surface area (Å²) in [6, 6.07) is 7.94. The molecule has 2 saturated heterocycles. The Labute approximate surface area is 196 Å². The van der Waals surface area contributed by atoms with E-state index in [1.54, 1.807) is 0 Å². The lowest BCUT2D eigenvalue weighted by Crippen LogP contribution is -2.43. The minimum atomic E-state index is -0.0791. The fraction of sp³-hybridized carbons (Fsp3) is 0.577. The summed E-state index contributed by atoms with van der Waals surface area (Å²) in [6.45, 7) is 11.6. The van der Waals surface area contributed by atoms with Gasteiger partial charge in [0.15, 0.2) is 0 Å². The standard InChI is InChI=1S/C26H37N5O2/c1-18-6-11-30(12-7-18)15-10-27-26(33)21-8-13-31(14-9-21)25-16-19(2)23-17-22(28-20(3)32)4-5-24(23)29-25/h4-5,16-18,21H,6-15H2,1-3H3,(H,27,33)(H,28,32). The molecule has 0 atom stereocenters. The number of pyridine rings is 1. The molecule has 0 unspecified atom stereocenters. The molecule has 0 bridgehead atoms. The van der Waals surface area contributed by atoms with Gasteiger partial charge in [0.1, 0.15) is 5.82 Å². The second-order valence-corrected chi connectivity index (χ2v) is 9.79. The fourth-order valence-corrected chi connectivity index (χ4v) is 4.96. The average molecular weight is 452 g/mol. The second-order valence-electron chi connectivity index (χ2n) is 9.79. The number of carbonyl (C=O) groups is 2. The summed E-state index contributed by atoms with van der Waals surface area (Å²) in [5.41, 5.74) is 2.84. The lowest BCUT2D eigenvalue weighted by atomic mass is 9.95. The van der Waals surface area contributed by atoms with E-state index in [9.17, 15) is 9.59 Å². The van der Waals surface area contributed by atoms with Gasteiger partial charge in [-0.2, -0.15) is 0 Å². The minimum Gasteiger partial charge on any atom is -0.357 e. The van der Waals surface area contributed by atoms with E-state index in [0.29, 0.717) is 0 Å². The van der Waals surface area contributed by atoms with Gasteiger partial charge in [0, 0.05) is 50.1 Å². The zero-order valence-electron chi connectivity index (χ0n) is 20.2. The fourth-order valence-electron chi connectivity index (χ4n) is 4.96. The largest absolute Gasteiger partial charge is 0.357 e. The van der Waals surface area contributed by atoms with Gasteiger partial charge in [0.05, 0.1) is 5.52 Å². The van der Waals surface area contributed by atoms with Crippen LogP contribution in [0.25, 0.3) is 10.9 Å². The van der Waals surface area contributed by atoms with E-state index >= 15 is 0 Å². The van der Waals surface area contributed by atoms with Gasteiger partial charge in [-0.15, -0.1) is 0 Å². The topological polar surface area (TPSA) is 77.6 Å². The van der Waals surface area contributed by atoms with Crippen LogP contribution in [0.5, 0.6) is 0 Å². The van der Waals surface area contributed by atoms with Gasteiger partial charge in [-0.3, -0.25) is 9.59 Å². The van der Waals surface area contributed by atoms with Crippen molar-refractivity contribution in [2.24, 2.45) is 11.8 Å². The van der Waals surface area contributed by atoms with E-state index in [1.807, 2.05) is 18.2 Å². The van der Waals surface area contributed by atoms with Crippen molar-refractivity contribution in [3.8, 4) is 0 Å². The molecule has 7 nitrogen and oxygen atoms in total. The Kier molecular flexibility index (Phi) is 7.48. The van der Waals surface area contributed by atoms with Crippen LogP contribution in [-0.2, 0) is 9.59 Å². The highest BCUT2D eigenvalue weighted by Gasteiger charge is 2.26. The van der Waals surface area contributed by atoms with Gasteiger partial charge in [-0.25, -0.2) is 4.98 Å². The maximum atomic E-state index is 12.7. The van der Waals surface area contributed by atoms with Crippen molar-refractivity contribution in [1.29, 1.82) is 0 Å². The SMILES string of the molecule is CC(=O)Nc1ccc2nc(N3CCC(C(=O)NCCN4CCC(C)CC4)CC3)cc(C)c2c1. The van der Waals surface area contributed by atoms with Crippen LogP contribution in [0.1, 0.15) is 45.1 Å². The highest BCUT2D eigenvalue weighted by molar-refractivity contribution is 5.93. The number of rotatable bonds is 6. The molecule has 33 heavy (non-hydrogen) atoms. The van der Waals surface area contributed by atoms with E-state index < -0.39 is 0 Å². The molecule has 4 rings (SSSR count). The third-order valence-electron chi connectivity index (χ3n) is 7.12. The van der Waals surface area contributed by atoms with E-state index in [1.165, 1.54) is 19.8 Å². The molecule has 2 N–H and O–H groups in total. The van der Waals surface area contributed by atoms with Crippen LogP contribution in [0, 0.1) is 18.8 Å². The molecule has 0 aliphatic carbocycles. The Morgan fingerprint density at radius 3 is 2.48 bits per heavy atom. The van der Waals surface area contributed by atoms with Gasteiger partial charge in [-0.05, 0) is 81.4 Å². The number of carbonyl (C=O) groups excluding carboxylic acids is 2. The minimum absolute atomic E-state index is 0.0791. The molecule has 2 amide bonds. The molecule has 0 radical (unpaired) electrons. The number of amides is 2. The smallest absolute Gasteiger partial charge is 0.223 e. The molecule has 2 fully saturated rings. The predicted octanol–water partition coefficient (Wildman–Crippen LogP) is 3.57. The number of aryl methyl sites for hydroxylation is 1. The molecule has 178 valence electrons. The number of hydrogen-bond acceptors (Lipinski definition) is 5. The molecule has 0 saturated carbocycles. The van der Waals surface area contributed by atoms with Gasteiger partial charge >= 0.3 is 0 Å². The molecule has 0 spiro atoms. The first-order valence-electron chi connectivity index (χ1n) is 12.3. The Hall–Kier alpha value is -2.67. The van der Waals surface area contributed by atoms with Gasteiger partial charge < -0.3 is 20.4 Å². The van der Waals surface area contributed by atoms with Crippen molar-refractivity contribution in [2.45, 2.75) is 46.5 Å². The van der Waals surface area contributed by atoms with Crippen molar-refractivity contribution in [2.75, 3.05) is 49.5 Å². The number of hydrogen-bond donors (Lipinski definition) is 2. The Morgan fingerprint density at radius 2 is 1.79 bits per heavy atom. The summed E-state index contributed by atoms with van der Waals surface area (Å²) < 4.78 is 0. The number of nitrogens with zero attached hydrogens (tertiary/aromatic N) is 3. The van der Waals surface area contributed by atoms with Crippen LogP contribution >= 0.6 is 0 Å². The summed E-state index contributed by atoms with van der Waals surface area (Å²) in [7, 11) is 0. The Balaban J connectivity index is 1.29. The van der Waals surface area contributed by atoms with E-state index in [2.05, 4.69) is 40.3 Å². The monoisotopic (exact) mass is 451 g/mol. The molecule has 2 aromatic rings. The van der Waals surface area contributed by atoms with Crippen molar-refractivity contribution >= 4 is 34.2 Å². The first-order valence-corrected chi connectivity index (χ1v) is 12.3. The lowest BCUT2D eigenvalue weighted by molar-refractivity contribution is -0.125. The molecular weight excluding hydrogens is 414 g/mol. The van der Waals surface area contributed by atoms with Crippen LogP contribution < -0.4 is 15.5 Å². The number of fused-ring (bicyclic) bond motifs is 1. The van der Waals surface area contributed by atoms with E-state index in [4.69, 9.17) is 4.98 Å². The molecule has 2 aliphatic rings. The number of benzene rings is 1. The normalized spacial score (nSPS) is 18.5. The van der Waals surface area contributed by atoms with Crippen LogP contribution in [0.2, 0.25) is 0 Å². The van der Waals surface area contributed by atoms with Gasteiger partial charge in [0.25, 0.3) is 0 Å². The Bertz CT molecular complexity index is 992. The number of nitrogens with one attached hydrogen (secondary N) is 2. The van der Waals surface area contributed by atoms with E-state index in [-0.39, 0.29) is 17.7 Å². The van der Waals surface area contributed by atoms with Gasteiger partial charge in [0.2, 0.25) is 11.8 Å². The van der Waals surface area contributed by atoms with Crippen LogP contribution in [0.4, 0.5) is 11.5 Å². The lowest BCUT2D eigenvalue weighted by Gasteiger charge is -2.33. The summed E-state index contributed by atoms with van der Waals surface area (Å²) >= 11 is 0. The van der Waals surface area contributed by atoms with Crippen LogP contribution in [0.15, 0.2) is 24.3 Å². The molecule has 3 heterocycles. The molecule has 1 aromatic heterocycles. The summed E-state index contributed by atoms with van der Waals surface area (Å²) in [6.07, 6.45) is 4.25. The third kappa shape index (κ3) is 6.02. The first kappa shape index (κ1) is 23.5. The van der Waals surface area contributed by atoms with Crippen molar-refractivity contribution in [1.82, 2.24) is 15.2 Å². The Morgan fingerprint density at radius 1 is 1.06 bits per heavy atom. The van der Waals surface area contributed by atoms with Crippen LogP contribution in [-0.4, -0.2) is 61.0 Å². The van der Waals surface area contributed by atoms with Crippen molar-refractivity contribution in [3.05, 3.63) is 29.8 Å². The van der Waals surface area contributed by atoms with Gasteiger partial charge in [-0.1, -0.05) is 6.92 Å². The molecule has 1 aromatic carbocycles. The predicted molar refractivity (Wildman–Crippen MR) is 134 cm³/mol. The third-order valence-corrected chi connectivity index (χ3v) is 7.12. The zero-order valence-corrected chi connectivity index (χ0v) is 20.2. The average Bonchev–Trinajstić information content (AvgIpc) is 2.80. The number of piperidine rings is 2. The quantitative estimate of drug-likeness (QED) is 0.702. The highest BCUT2D eigenvalue weighted by Crippen LogP contribution is 2.28. The summed E-state index contributed by atoms with van der Waals surface area (Å²) in [4.78, 5) is 33.6. The number of likely N-dealkylation sites (tertiary alicyclic amines) is 1. The zero-order chi connectivity index (χ0) is 23.4. The number of anilines is 2. The molecule has 2 aliphatic heterocycles. The van der Waals surface area contributed by atoms with Crippen molar-refractivity contribution in [3.63, 3.8) is 0 Å². The van der Waals surface area contributed by atoms with Crippen molar-refractivity contribution < 1.29 is 9.59 Å². The summed E-state index contributed by atoms with van der Waals surface area (Å²) in [5, 5.41) is 7.05. The first-order chi connectivity index (χ1) is 15.9. The number of aromatic nitrogens is 1. The highest BCUT2D eigenvalue weighted by atomic mass is 16.2. The maximum absolute atomic E-state index is 12.7. The molecular formula is C26H37N5O2. The van der Waals surface area contributed by atoms with Crippen LogP contribution in [0.3, 0.4) is 0 Å². The second kappa shape index (κ2) is 10.5. The summed E-state index contributed by atoms with van der Waals surface area (Å²) in [5.74, 6) is 2.01. The maximum Gasteiger partial charge on any atom is 0.223 e.